The van der Waals surface area contributed by atoms with E-state index >= 15 is 0 Å². The number of amides is 1. The van der Waals surface area contributed by atoms with Crippen LogP contribution in [0.1, 0.15) is 10.4 Å². The summed E-state index contributed by atoms with van der Waals surface area (Å²) < 4.78 is 0. The van der Waals surface area contributed by atoms with E-state index < -0.39 is 12.0 Å². The van der Waals surface area contributed by atoms with Crippen LogP contribution in [0, 0.1) is 0 Å². The van der Waals surface area contributed by atoms with Crippen molar-refractivity contribution >= 4 is 22.6 Å². The minimum atomic E-state index is -0.976. The van der Waals surface area contributed by atoms with Gasteiger partial charge in [-0.3, -0.25) is 4.79 Å². The number of fused-ring (bicyclic) bond motifs is 1. The summed E-state index contributed by atoms with van der Waals surface area (Å²) in [6, 6.07) is 12.4. The van der Waals surface area contributed by atoms with E-state index in [1.807, 2.05) is 36.4 Å². The molecule has 2 aromatic carbocycles. The Morgan fingerprint density at radius 2 is 1.90 bits per heavy atom. The summed E-state index contributed by atoms with van der Waals surface area (Å²) in [5, 5.41) is 14.3. The second-order valence-electron chi connectivity index (χ2n) is 5.12. The number of rotatable bonds is 2. The molecule has 1 amide bonds. The van der Waals surface area contributed by atoms with E-state index in [9.17, 15) is 14.7 Å². The fraction of sp³-hybridized carbons (Fsp3) is 0.250. The molecule has 108 valence electrons. The molecule has 1 unspecified atom stereocenters. The lowest BCUT2D eigenvalue weighted by atomic mass is 10.0. The molecule has 1 atom stereocenters. The SMILES string of the molecule is O=C(O)C1CNCCN1C(=O)c1ccc2ccccc2c1. The van der Waals surface area contributed by atoms with Crippen molar-refractivity contribution in [2.24, 2.45) is 0 Å². The molecule has 1 aliphatic heterocycles. The largest absolute Gasteiger partial charge is 0.480 e. The molecule has 1 saturated heterocycles. The zero-order valence-electron chi connectivity index (χ0n) is 11.5. The standard InChI is InChI=1S/C16H16N2O3/c19-15(18-8-7-17-10-14(18)16(20)21)13-6-5-11-3-1-2-4-12(11)9-13/h1-6,9,14,17H,7-8,10H2,(H,20,21). The summed E-state index contributed by atoms with van der Waals surface area (Å²) in [4.78, 5) is 25.3. The van der Waals surface area contributed by atoms with Crippen LogP contribution in [0.15, 0.2) is 42.5 Å². The number of aliphatic carboxylic acids is 1. The Morgan fingerprint density at radius 1 is 1.14 bits per heavy atom. The molecule has 2 N–H and O–H groups in total. The maximum absolute atomic E-state index is 12.6. The highest BCUT2D eigenvalue weighted by Gasteiger charge is 2.32. The topological polar surface area (TPSA) is 69.6 Å². The molecule has 1 heterocycles. The maximum Gasteiger partial charge on any atom is 0.327 e. The number of nitrogens with zero attached hydrogens (tertiary/aromatic N) is 1. The molecule has 5 nitrogen and oxygen atoms in total. The first-order chi connectivity index (χ1) is 10.2. The van der Waals surface area contributed by atoms with Crippen LogP contribution < -0.4 is 5.32 Å². The number of piperazine rings is 1. The number of carbonyl (C=O) groups is 2. The third-order valence-corrected chi connectivity index (χ3v) is 3.79. The summed E-state index contributed by atoms with van der Waals surface area (Å²) in [5.41, 5.74) is 0.529. The molecule has 0 aliphatic carbocycles. The van der Waals surface area contributed by atoms with Gasteiger partial charge in [0, 0.05) is 25.2 Å². The minimum absolute atomic E-state index is 0.227. The number of nitrogens with one attached hydrogen (secondary N) is 1. The van der Waals surface area contributed by atoms with Gasteiger partial charge in [0.1, 0.15) is 6.04 Å². The van der Waals surface area contributed by atoms with Gasteiger partial charge in [-0.25, -0.2) is 4.79 Å². The summed E-state index contributed by atoms with van der Waals surface area (Å²) in [5.74, 6) is -1.20. The highest BCUT2D eigenvalue weighted by Crippen LogP contribution is 2.18. The predicted molar refractivity (Wildman–Crippen MR) is 79.3 cm³/mol. The summed E-state index contributed by atoms with van der Waals surface area (Å²) in [7, 11) is 0. The van der Waals surface area contributed by atoms with Gasteiger partial charge in [-0.2, -0.15) is 0 Å². The summed E-state index contributed by atoms with van der Waals surface area (Å²) in [6.45, 7) is 1.31. The fourth-order valence-electron chi connectivity index (χ4n) is 2.66. The lowest BCUT2D eigenvalue weighted by Gasteiger charge is -2.33. The van der Waals surface area contributed by atoms with Crippen LogP contribution in [-0.2, 0) is 4.79 Å². The molecule has 5 heteroatoms. The summed E-state index contributed by atoms with van der Waals surface area (Å²) in [6.07, 6.45) is 0. The maximum atomic E-state index is 12.6. The minimum Gasteiger partial charge on any atom is -0.480 e. The van der Waals surface area contributed by atoms with Crippen molar-refractivity contribution in [3.05, 3.63) is 48.0 Å². The average molecular weight is 284 g/mol. The number of carbonyl (C=O) groups excluding carboxylic acids is 1. The molecule has 0 bridgehead atoms. The fourth-order valence-corrected chi connectivity index (χ4v) is 2.66. The van der Waals surface area contributed by atoms with Crippen LogP contribution in [0.25, 0.3) is 10.8 Å². The normalized spacial score (nSPS) is 18.7. The predicted octanol–water partition coefficient (Wildman–Crippen LogP) is 1.34. The zero-order valence-corrected chi connectivity index (χ0v) is 11.5. The Hall–Kier alpha value is -2.40. The van der Waals surface area contributed by atoms with Gasteiger partial charge >= 0.3 is 5.97 Å². The van der Waals surface area contributed by atoms with Crippen LogP contribution in [0.5, 0.6) is 0 Å². The van der Waals surface area contributed by atoms with Crippen molar-refractivity contribution < 1.29 is 14.7 Å². The first-order valence-corrected chi connectivity index (χ1v) is 6.90. The molecule has 0 aromatic heterocycles. The van der Waals surface area contributed by atoms with Crippen molar-refractivity contribution in [2.75, 3.05) is 19.6 Å². The van der Waals surface area contributed by atoms with Crippen LogP contribution in [0.3, 0.4) is 0 Å². The Labute approximate surface area is 122 Å². The number of carboxylic acid groups (broad SMARTS) is 1. The van der Waals surface area contributed by atoms with Crippen molar-refractivity contribution in [1.29, 1.82) is 0 Å². The van der Waals surface area contributed by atoms with Crippen LogP contribution >= 0.6 is 0 Å². The highest BCUT2D eigenvalue weighted by atomic mass is 16.4. The van der Waals surface area contributed by atoms with Crippen molar-refractivity contribution in [3.63, 3.8) is 0 Å². The van der Waals surface area contributed by atoms with Gasteiger partial charge in [-0.15, -0.1) is 0 Å². The Kier molecular flexibility index (Phi) is 3.58. The highest BCUT2D eigenvalue weighted by molar-refractivity contribution is 6.00. The monoisotopic (exact) mass is 284 g/mol. The lowest BCUT2D eigenvalue weighted by Crippen LogP contribution is -2.56. The van der Waals surface area contributed by atoms with Gasteiger partial charge in [-0.05, 0) is 22.9 Å². The van der Waals surface area contributed by atoms with Crippen molar-refractivity contribution in [3.8, 4) is 0 Å². The van der Waals surface area contributed by atoms with Gasteiger partial charge in [0.25, 0.3) is 5.91 Å². The molecule has 21 heavy (non-hydrogen) atoms. The number of hydrogen-bond donors (Lipinski definition) is 2. The van der Waals surface area contributed by atoms with Gasteiger partial charge in [0.15, 0.2) is 0 Å². The zero-order chi connectivity index (χ0) is 14.8. The van der Waals surface area contributed by atoms with Crippen molar-refractivity contribution in [2.45, 2.75) is 6.04 Å². The van der Waals surface area contributed by atoms with E-state index in [1.54, 1.807) is 6.07 Å². The van der Waals surface area contributed by atoms with Gasteiger partial charge in [-0.1, -0.05) is 30.3 Å². The van der Waals surface area contributed by atoms with E-state index in [1.165, 1.54) is 4.90 Å². The van der Waals surface area contributed by atoms with Gasteiger partial charge < -0.3 is 15.3 Å². The van der Waals surface area contributed by atoms with E-state index in [2.05, 4.69) is 5.32 Å². The molecule has 0 radical (unpaired) electrons. The Balaban J connectivity index is 1.93. The second kappa shape index (κ2) is 5.54. The van der Waals surface area contributed by atoms with Crippen molar-refractivity contribution in [1.82, 2.24) is 10.2 Å². The molecule has 1 fully saturated rings. The lowest BCUT2D eigenvalue weighted by molar-refractivity contribution is -0.142. The Bertz CT molecular complexity index is 699. The summed E-state index contributed by atoms with van der Waals surface area (Å²) >= 11 is 0. The molecule has 1 aliphatic rings. The third kappa shape index (κ3) is 2.60. The number of hydrogen-bond acceptors (Lipinski definition) is 3. The number of benzene rings is 2. The smallest absolute Gasteiger partial charge is 0.327 e. The first kappa shape index (κ1) is 13.6. The molecular formula is C16H16N2O3. The van der Waals surface area contributed by atoms with Crippen LogP contribution in [0.2, 0.25) is 0 Å². The van der Waals surface area contributed by atoms with E-state index in [0.29, 0.717) is 18.7 Å². The average Bonchev–Trinajstić information content (AvgIpc) is 2.53. The van der Waals surface area contributed by atoms with Crippen LogP contribution in [-0.4, -0.2) is 47.6 Å². The van der Waals surface area contributed by atoms with E-state index in [4.69, 9.17) is 0 Å². The van der Waals surface area contributed by atoms with Gasteiger partial charge in [0.05, 0.1) is 0 Å². The molecule has 0 saturated carbocycles. The Morgan fingerprint density at radius 3 is 2.67 bits per heavy atom. The van der Waals surface area contributed by atoms with E-state index in [0.717, 1.165) is 10.8 Å². The van der Waals surface area contributed by atoms with Gasteiger partial charge in [0.2, 0.25) is 0 Å². The first-order valence-electron chi connectivity index (χ1n) is 6.90. The molecule has 3 rings (SSSR count). The molecule has 2 aromatic rings. The third-order valence-electron chi connectivity index (χ3n) is 3.79. The van der Waals surface area contributed by atoms with Crippen LogP contribution in [0.4, 0.5) is 0 Å². The van der Waals surface area contributed by atoms with E-state index in [-0.39, 0.29) is 12.5 Å². The second-order valence-corrected chi connectivity index (χ2v) is 5.12. The molecular weight excluding hydrogens is 268 g/mol. The quantitative estimate of drug-likeness (QED) is 0.873. The number of carboxylic acids is 1. The molecule has 0 spiro atoms.